The molecule has 3 nitrogen and oxygen atoms in total. The molecule has 0 atom stereocenters. The first-order valence-corrected chi connectivity index (χ1v) is 7.29. The van der Waals surface area contributed by atoms with Crippen molar-refractivity contribution < 1.29 is 0 Å². The lowest BCUT2D eigenvalue weighted by molar-refractivity contribution is 0.590. The Morgan fingerprint density at radius 1 is 1.30 bits per heavy atom. The van der Waals surface area contributed by atoms with E-state index in [9.17, 15) is 0 Å². The van der Waals surface area contributed by atoms with Crippen LogP contribution in [0, 0.1) is 18.3 Å². The van der Waals surface area contributed by atoms with E-state index in [0.717, 1.165) is 15.7 Å². The first kappa shape index (κ1) is 14.8. The Morgan fingerprint density at radius 2 is 1.95 bits per heavy atom. The van der Waals surface area contributed by atoms with Crippen molar-refractivity contribution in [2.24, 2.45) is 7.05 Å². The summed E-state index contributed by atoms with van der Waals surface area (Å²) in [5.41, 5.74) is 5.08. The minimum Gasteiger partial charge on any atom is -0.265 e. The van der Waals surface area contributed by atoms with Crippen molar-refractivity contribution in [3.8, 4) is 17.3 Å². The standard InChI is InChI=1S/C16H18BrN3/c1-10-8-11(16(2,3)4)6-7-12(10)15-14(17)13(9-18)19-20(15)5/h6-8H,1-5H3. The summed E-state index contributed by atoms with van der Waals surface area (Å²) >= 11 is 3.49. The van der Waals surface area contributed by atoms with E-state index in [1.54, 1.807) is 4.68 Å². The highest BCUT2D eigenvalue weighted by molar-refractivity contribution is 9.10. The molecule has 1 heterocycles. The first-order chi connectivity index (χ1) is 9.25. The number of benzene rings is 1. The molecule has 1 aromatic carbocycles. The van der Waals surface area contributed by atoms with Crippen LogP contribution in [0.4, 0.5) is 0 Å². The van der Waals surface area contributed by atoms with Crippen LogP contribution in [0.25, 0.3) is 11.3 Å². The van der Waals surface area contributed by atoms with E-state index < -0.39 is 0 Å². The zero-order chi connectivity index (χ0) is 15.1. The summed E-state index contributed by atoms with van der Waals surface area (Å²) in [6.45, 7) is 8.70. The second-order valence-corrected chi connectivity index (χ2v) is 6.82. The second-order valence-electron chi connectivity index (χ2n) is 6.03. The summed E-state index contributed by atoms with van der Waals surface area (Å²) in [6, 6.07) is 8.57. The molecular formula is C16H18BrN3. The van der Waals surface area contributed by atoms with Gasteiger partial charge < -0.3 is 0 Å². The lowest BCUT2D eigenvalue weighted by Crippen LogP contribution is -2.11. The second kappa shape index (κ2) is 5.06. The maximum atomic E-state index is 9.07. The molecule has 0 saturated carbocycles. The zero-order valence-electron chi connectivity index (χ0n) is 12.5. The van der Waals surface area contributed by atoms with Gasteiger partial charge in [-0.25, -0.2) is 0 Å². The van der Waals surface area contributed by atoms with Crippen LogP contribution in [0.15, 0.2) is 22.7 Å². The van der Waals surface area contributed by atoms with Gasteiger partial charge >= 0.3 is 0 Å². The topological polar surface area (TPSA) is 41.6 Å². The van der Waals surface area contributed by atoms with E-state index in [4.69, 9.17) is 5.26 Å². The van der Waals surface area contributed by atoms with Gasteiger partial charge in [0.2, 0.25) is 0 Å². The van der Waals surface area contributed by atoms with Crippen molar-refractivity contribution in [3.63, 3.8) is 0 Å². The molecule has 4 heteroatoms. The van der Waals surface area contributed by atoms with Crippen LogP contribution < -0.4 is 0 Å². The number of aromatic nitrogens is 2. The van der Waals surface area contributed by atoms with Crippen LogP contribution in [0.2, 0.25) is 0 Å². The fraction of sp³-hybridized carbons (Fsp3) is 0.375. The minimum atomic E-state index is 0.130. The molecule has 0 radical (unpaired) electrons. The molecular weight excluding hydrogens is 314 g/mol. The third-order valence-electron chi connectivity index (χ3n) is 3.44. The fourth-order valence-electron chi connectivity index (χ4n) is 2.26. The number of nitriles is 1. The minimum absolute atomic E-state index is 0.130. The fourth-order valence-corrected chi connectivity index (χ4v) is 2.90. The number of hydrogen-bond acceptors (Lipinski definition) is 2. The van der Waals surface area contributed by atoms with Gasteiger partial charge in [0.25, 0.3) is 0 Å². The Labute approximate surface area is 128 Å². The Hall–Kier alpha value is -1.60. The average Bonchev–Trinajstić information content (AvgIpc) is 2.63. The molecule has 0 fully saturated rings. The van der Waals surface area contributed by atoms with Crippen LogP contribution in [0.5, 0.6) is 0 Å². The maximum Gasteiger partial charge on any atom is 0.177 e. The highest BCUT2D eigenvalue weighted by atomic mass is 79.9. The van der Waals surface area contributed by atoms with Gasteiger partial charge in [-0.3, -0.25) is 4.68 Å². The predicted molar refractivity (Wildman–Crippen MR) is 84.5 cm³/mol. The summed E-state index contributed by atoms with van der Waals surface area (Å²) in [4.78, 5) is 0. The van der Waals surface area contributed by atoms with Crippen molar-refractivity contribution >= 4 is 15.9 Å². The van der Waals surface area contributed by atoms with Crippen molar-refractivity contribution in [2.45, 2.75) is 33.1 Å². The Balaban J connectivity index is 2.61. The Bertz CT molecular complexity index is 700. The third-order valence-corrected chi connectivity index (χ3v) is 4.19. The number of rotatable bonds is 1. The molecule has 0 saturated heterocycles. The van der Waals surface area contributed by atoms with E-state index in [0.29, 0.717) is 5.69 Å². The average molecular weight is 332 g/mol. The number of halogens is 1. The molecule has 0 spiro atoms. The molecule has 104 valence electrons. The lowest BCUT2D eigenvalue weighted by atomic mass is 9.85. The van der Waals surface area contributed by atoms with Crippen molar-refractivity contribution in [3.05, 3.63) is 39.5 Å². The highest BCUT2D eigenvalue weighted by Gasteiger charge is 2.19. The summed E-state index contributed by atoms with van der Waals surface area (Å²) < 4.78 is 2.51. The van der Waals surface area contributed by atoms with E-state index >= 15 is 0 Å². The highest BCUT2D eigenvalue weighted by Crippen LogP contribution is 2.34. The van der Waals surface area contributed by atoms with E-state index in [-0.39, 0.29) is 5.41 Å². The molecule has 0 aliphatic carbocycles. The van der Waals surface area contributed by atoms with Gasteiger partial charge in [-0.05, 0) is 39.4 Å². The SMILES string of the molecule is Cc1cc(C(C)(C)C)ccc1-c1c(Br)c(C#N)nn1C. The lowest BCUT2D eigenvalue weighted by Gasteiger charge is -2.20. The van der Waals surface area contributed by atoms with Crippen molar-refractivity contribution in [2.75, 3.05) is 0 Å². The van der Waals surface area contributed by atoms with E-state index in [1.165, 1.54) is 11.1 Å². The van der Waals surface area contributed by atoms with Gasteiger partial charge in [-0.15, -0.1) is 0 Å². The summed E-state index contributed by atoms with van der Waals surface area (Å²) in [5, 5.41) is 13.3. The van der Waals surface area contributed by atoms with Gasteiger partial charge in [0.05, 0.1) is 10.2 Å². The van der Waals surface area contributed by atoms with Gasteiger partial charge in [-0.1, -0.05) is 39.0 Å². The quantitative estimate of drug-likeness (QED) is 0.780. The van der Waals surface area contributed by atoms with Crippen LogP contribution in [0.1, 0.15) is 37.6 Å². The molecule has 20 heavy (non-hydrogen) atoms. The zero-order valence-corrected chi connectivity index (χ0v) is 14.0. The van der Waals surface area contributed by atoms with Crippen LogP contribution in [-0.4, -0.2) is 9.78 Å². The Kier molecular flexibility index (Phi) is 3.75. The van der Waals surface area contributed by atoms with Gasteiger partial charge in [0, 0.05) is 12.6 Å². The largest absolute Gasteiger partial charge is 0.265 e. The van der Waals surface area contributed by atoms with Crippen molar-refractivity contribution in [1.82, 2.24) is 9.78 Å². The number of hydrogen-bond donors (Lipinski definition) is 0. The maximum absolute atomic E-state index is 9.07. The molecule has 0 amide bonds. The summed E-state index contributed by atoms with van der Waals surface area (Å²) in [6.07, 6.45) is 0. The van der Waals surface area contributed by atoms with E-state index in [1.807, 2.05) is 7.05 Å². The molecule has 0 unspecified atom stereocenters. The normalized spacial score (nSPS) is 11.4. The molecule has 2 aromatic rings. The van der Waals surface area contributed by atoms with Gasteiger partial charge in [0.1, 0.15) is 6.07 Å². The van der Waals surface area contributed by atoms with Crippen LogP contribution in [0.3, 0.4) is 0 Å². The monoisotopic (exact) mass is 331 g/mol. The van der Waals surface area contributed by atoms with Crippen LogP contribution in [-0.2, 0) is 12.5 Å². The molecule has 0 N–H and O–H groups in total. The molecule has 1 aromatic heterocycles. The third kappa shape index (κ3) is 2.51. The van der Waals surface area contributed by atoms with E-state index in [2.05, 4.69) is 73.0 Å². The van der Waals surface area contributed by atoms with Crippen LogP contribution >= 0.6 is 15.9 Å². The smallest absolute Gasteiger partial charge is 0.177 e. The van der Waals surface area contributed by atoms with Gasteiger partial charge in [0.15, 0.2) is 5.69 Å². The molecule has 0 aliphatic heterocycles. The predicted octanol–water partition coefficient (Wildman–Crippen LogP) is 4.33. The van der Waals surface area contributed by atoms with Crippen molar-refractivity contribution in [1.29, 1.82) is 5.26 Å². The Morgan fingerprint density at radius 3 is 2.40 bits per heavy atom. The first-order valence-electron chi connectivity index (χ1n) is 6.50. The number of aryl methyl sites for hydroxylation is 2. The number of nitrogens with zero attached hydrogens (tertiary/aromatic N) is 3. The molecule has 2 rings (SSSR count). The molecule has 0 bridgehead atoms. The summed E-state index contributed by atoms with van der Waals surface area (Å²) in [7, 11) is 1.86. The summed E-state index contributed by atoms with van der Waals surface area (Å²) in [5.74, 6) is 0. The molecule has 0 aliphatic rings. The van der Waals surface area contributed by atoms with Gasteiger partial charge in [-0.2, -0.15) is 10.4 Å².